The molecule has 1 aromatic heterocycles. The summed E-state index contributed by atoms with van der Waals surface area (Å²) in [7, 11) is 0. The Morgan fingerprint density at radius 1 is 0.973 bits per heavy atom. The summed E-state index contributed by atoms with van der Waals surface area (Å²) in [5, 5.41) is 3.50. The Labute approximate surface area is 217 Å². The Balaban J connectivity index is 1.42. The zero-order valence-electron chi connectivity index (χ0n) is 21.8. The Bertz CT molecular complexity index is 1410. The highest BCUT2D eigenvalue weighted by molar-refractivity contribution is 5.96. The van der Waals surface area contributed by atoms with Crippen LogP contribution < -0.4 is 15.7 Å². The molecule has 0 fully saturated rings. The second-order valence-electron chi connectivity index (χ2n) is 9.03. The van der Waals surface area contributed by atoms with E-state index in [4.69, 9.17) is 9.15 Å². The van der Waals surface area contributed by atoms with E-state index in [-0.39, 0.29) is 5.56 Å². The van der Waals surface area contributed by atoms with E-state index in [1.807, 2.05) is 30.3 Å². The highest BCUT2D eigenvalue weighted by atomic mass is 16.5. The van der Waals surface area contributed by atoms with Crippen LogP contribution >= 0.6 is 0 Å². The lowest BCUT2D eigenvalue weighted by Crippen LogP contribution is -2.32. The van der Waals surface area contributed by atoms with Gasteiger partial charge in [-0.05, 0) is 73.4 Å². The fourth-order valence-corrected chi connectivity index (χ4v) is 4.41. The van der Waals surface area contributed by atoms with Crippen molar-refractivity contribution in [3.8, 4) is 16.9 Å². The molecule has 1 amide bonds. The minimum absolute atomic E-state index is 0.0114. The third-order valence-electron chi connectivity index (χ3n) is 6.71. The number of fused-ring (bicyclic) bond motifs is 1. The summed E-state index contributed by atoms with van der Waals surface area (Å²) in [5.41, 5.74) is 4.32. The van der Waals surface area contributed by atoms with Crippen LogP contribution in [0.5, 0.6) is 5.75 Å². The molecule has 4 aromatic rings. The van der Waals surface area contributed by atoms with Crippen LogP contribution in [-0.2, 0) is 6.61 Å². The molecule has 6 nitrogen and oxygen atoms in total. The van der Waals surface area contributed by atoms with E-state index in [1.54, 1.807) is 18.2 Å². The topological polar surface area (TPSA) is 71.8 Å². The maximum absolute atomic E-state index is 12.6. The van der Waals surface area contributed by atoms with Gasteiger partial charge < -0.3 is 19.4 Å². The molecule has 4 rings (SSSR count). The molecule has 192 valence electrons. The van der Waals surface area contributed by atoms with Gasteiger partial charge in [-0.15, -0.1) is 0 Å². The number of hydrogen-bond acceptors (Lipinski definition) is 5. The lowest BCUT2D eigenvalue weighted by Gasteiger charge is -2.17. The predicted octanol–water partition coefficient (Wildman–Crippen LogP) is 5.81. The minimum Gasteiger partial charge on any atom is -0.489 e. The third-order valence-corrected chi connectivity index (χ3v) is 6.71. The van der Waals surface area contributed by atoms with Gasteiger partial charge in [0.1, 0.15) is 23.5 Å². The first-order valence-corrected chi connectivity index (χ1v) is 12.8. The number of amides is 1. The number of rotatable bonds is 11. The Hall–Kier alpha value is -3.90. The SMILES string of the molecule is CCN(CC)CCCNC(=O)c1cc2ccc(OCc3cccc(-c4ccccc4)c3C)cc2oc1=O. The van der Waals surface area contributed by atoms with E-state index < -0.39 is 11.5 Å². The number of ether oxygens (including phenoxy) is 1. The van der Waals surface area contributed by atoms with Crippen molar-refractivity contribution in [3.63, 3.8) is 0 Å². The van der Waals surface area contributed by atoms with Crippen LogP contribution in [0.4, 0.5) is 0 Å². The van der Waals surface area contributed by atoms with E-state index in [9.17, 15) is 9.59 Å². The van der Waals surface area contributed by atoms with Crippen LogP contribution in [-0.4, -0.2) is 37.0 Å². The summed E-state index contributed by atoms with van der Waals surface area (Å²) in [6, 6.07) is 23.4. The molecular formula is C31H34N2O4. The Morgan fingerprint density at radius 3 is 2.51 bits per heavy atom. The van der Waals surface area contributed by atoms with Crippen molar-refractivity contribution in [2.45, 2.75) is 33.8 Å². The molecule has 0 spiro atoms. The fraction of sp³-hybridized carbons (Fsp3) is 0.290. The van der Waals surface area contributed by atoms with Gasteiger partial charge in [0.05, 0.1) is 0 Å². The number of benzene rings is 3. The molecule has 0 saturated heterocycles. The van der Waals surface area contributed by atoms with Gasteiger partial charge >= 0.3 is 5.63 Å². The van der Waals surface area contributed by atoms with E-state index in [2.05, 4.69) is 55.3 Å². The number of carbonyl (C=O) groups is 1. The van der Waals surface area contributed by atoms with Gasteiger partial charge in [0.2, 0.25) is 0 Å². The average molecular weight is 499 g/mol. The molecule has 0 radical (unpaired) electrons. The molecule has 0 aliphatic carbocycles. The zero-order valence-corrected chi connectivity index (χ0v) is 21.8. The maximum Gasteiger partial charge on any atom is 0.349 e. The number of nitrogens with one attached hydrogen (secondary N) is 1. The van der Waals surface area contributed by atoms with Gasteiger partial charge in [0.15, 0.2) is 0 Å². The summed E-state index contributed by atoms with van der Waals surface area (Å²) < 4.78 is 11.5. The molecule has 3 aromatic carbocycles. The molecule has 0 aliphatic heterocycles. The highest BCUT2D eigenvalue weighted by Gasteiger charge is 2.14. The standard InChI is InChI=1S/C31H34N2O4/c1-4-33(5-2)18-10-17-32-30(34)28-19-24-15-16-26(20-29(24)37-31(28)35)36-21-25-13-9-14-27(22(25)3)23-11-7-6-8-12-23/h6-9,11-16,19-20H,4-5,10,17-18,21H2,1-3H3,(H,32,34). The number of nitrogens with zero attached hydrogens (tertiary/aromatic N) is 1. The molecule has 0 aliphatic rings. The molecule has 1 N–H and O–H groups in total. The van der Waals surface area contributed by atoms with Crippen molar-refractivity contribution in [2.24, 2.45) is 0 Å². The van der Waals surface area contributed by atoms with Crippen LogP contribution in [0.3, 0.4) is 0 Å². The van der Waals surface area contributed by atoms with Crippen LogP contribution in [0, 0.1) is 6.92 Å². The molecule has 0 unspecified atom stereocenters. The van der Waals surface area contributed by atoms with Crippen molar-refractivity contribution in [2.75, 3.05) is 26.2 Å². The van der Waals surface area contributed by atoms with Gasteiger partial charge in [0, 0.05) is 18.0 Å². The lowest BCUT2D eigenvalue weighted by molar-refractivity contribution is 0.0948. The zero-order chi connectivity index (χ0) is 26.2. The van der Waals surface area contributed by atoms with Gasteiger partial charge in [0.25, 0.3) is 5.91 Å². The molecule has 0 atom stereocenters. The van der Waals surface area contributed by atoms with Gasteiger partial charge in [-0.2, -0.15) is 0 Å². The van der Waals surface area contributed by atoms with Gasteiger partial charge in [-0.1, -0.05) is 62.4 Å². The smallest absolute Gasteiger partial charge is 0.349 e. The quantitative estimate of drug-likeness (QED) is 0.209. The molecular weight excluding hydrogens is 464 g/mol. The molecule has 1 heterocycles. The van der Waals surface area contributed by atoms with E-state index in [0.717, 1.165) is 42.7 Å². The van der Waals surface area contributed by atoms with Crippen molar-refractivity contribution in [1.29, 1.82) is 0 Å². The van der Waals surface area contributed by atoms with Gasteiger partial charge in [-0.3, -0.25) is 4.79 Å². The van der Waals surface area contributed by atoms with Crippen molar-refractivity contribution in [3.05, 3.63) is 99.9 Å². The van der Waals surface area contributed by atoms with Crippen molar-refractivity contribution < 1.29 is 13.9 Å². The fourth-order valence-electron chi connectivity index (χ4n) is 4.41. The molecule has 6 heteroatoms. The number of carbonyl (C=O) groups excluding carboxylic acids is 1. The monoisotopic (exact) mass is 498 g/mol. The van der Waals surface area contributed by atoms with E-state index in [0.29, 0.717) is 29.9 Å². The van der Waals surface area contributed by atoms with Crippen LogP contribution in [0.1, 0.15) is 41.8 Å². The first kappa shape index (κ1) is 26.2. The lowest BCUT2D eigenvalue weighted by atomic mass is 9.97. The second kappa shape index (κ2) is 12.4. The van der Waals surface area contributed by atoms with Gasteiger partial charge in [-0.25, -0.2) is 4.79 Å². The Kier molecular flexibility index (Phi) is 8.75. The molecule has 0 saturated carbocycles. The Morgan fingerprint density at radius 2 is 1.76 bits per heavy atom. The maximum atomic E-state index is 12.6. The van der Waals surface area contributed by atoms with E-state index >= 15 is 0 Å². The predicted molar refractivity (Wildman–Crippen MR) is 148 cm³/mol. The normalized spacial score (nSPS) is 11.1. The number of hydrogen-bond donors (Lipinski definition) is 1. The minimum atomic E-state index is -0.655. The second-order valence-corrected chi connectivity index (χ2v) is 9.03. The van der Waals surface area contributed by atoms with Crippen molar-refractivity contribution in [1.82, 2.24) is 10.2 Å². The largest absolute Gasteiger partial charge is 0.489 e. The molecule has 37 heavy (non-hydrogen) atoms. The summed E-state index contributed by atoms with van der Waals surface area (Å²) >= 11 is 0. The molecule has 0 bridgehead atoms. The summed E-state index contributed by atoms with van der Waals surface area (Å²) in [5.74, 6) is 0.179. The van der Waals surface area contributed by atoms with Crippen LogP contribution in [0.2, 0.25) is 0 Å². The van der Waals surface area contributed by atoms with Crippen LogP contribution in [0.15, 0.2) is 82.0 Å². The van der Waals surface area contributed by atoms with E-state index in [1.165, 1.54) is 5.56 Å². The third kappa shape index (κ3) is 6.46. The summed E-state index contributed by atoms with van der Waals surface area (Å²) in [6.45, 7) is 10.1. The van der Waals surface area contributed by atoms with Crippen molar-refractivity contribution >= 4 is 16.9 Å². The van der Waals surface area contributed by atoms with Crippen LogP contribution in [0.25, 0.3) is 22.1 Å². The summed E-state index contributed by atoms with van der Waals surface area (Å²) in [4.78, 5) is 27.4. The first-order chi connectivity index (χ1) is 18.0. The highest BCUT2D eigenvalue weighted by Crippen LogP contribution is 2.27. The summed E-state index contributed by atoms with van der Waals surface area (Å²) in [6.07, 6.45) is 0.820. The average Bonchev–Trinajstić information content (AvgIpc) is 2.92. The first-order valence-electron chi connectivity index (χ1n) is 12.8.